The fourth-order valence-corrected chi connectivity index (χ4v) is 3.43. The van der Waals surface area contributed by atoms with Crippen LogP contribution in [0.5, 0.6) is 0 Å². The summed E-state index contributed by atoms with van der Waals surface area (Å²) in [6.45, 7) is 5.08. The zero-order chi connectivity index (χ0) is 22.7. The summed E-state index contributed by atoms with van der Waals surface area (Å²) in [5.74, 6) is -0.561. The number of rotatable bonds is 5. The normalized spacial score (nSPS) is 10.8. The monoisotopic (exact) mass is 474 g/mol. The number of carbonyl (C=O) groups excluding carboxylic acids is 1. The molecule has 0 spiro atoms. The van der Waals surface area contributed by atoms with Crippen LogP contribution in [0.25, 0.3) is 5.69 Å². The lowest BCUT2D eigenvalue weighted by Crippen LogP contribution is -2.15. The molecule has 31 heavy (non-hydrogen) atoms. The maximum Gasteiger partial charge on any atom is 0.301 e. The van der Waals surface area contributed by atoms with Gasteiger partial charge >= 0.3 is 5.56 Å². The highest BCUT2D eigenvalue weighted by atomic mass is 35.5. The van der Waals surface area contributed by atoms with E-state index >= 15 is 0 Å². The van der Waals surface area contributed by atoms with Crippen molar-refractivity contribution >= 4 is 57.9 Å². The van der Waals surface area contributed by atoms with Crippen LogP contribution in [-0.4, -0.2) is 15.7 Å². The summed E-state index contributed by atoms with van der Waals surface area (Å²) in [6, 6.07) is 11.1. The molecule has 11 heteroatoms. The zero-order valence-corrected chi connectivity index (χ0v) is 18.2. The van der Waals surface area contributed by atoms with E-state index in [4.69, 9.17) is 40.1 Å². The van der Waals surface area contributed by atoms with Crippen molar-refractivity contribution in [2.24, 2.45) is 10.2 Å². The number of benzene rings is 2. The van der Waals surface area contributed by atoms with E-state index in [-0.39, 0.29) is 37.8 Å². The van der Waals surface area contributed by atoms with Crippen LogP contribution < -0.4 is 10.9 Å². The number of azo groups is 1. The fraction of sp³-hybridized carbons (Fsp3) is 0.0500. The Balaban J connectivity index is 2.13. The summed E-state index contributed by atoms with van der Waals surface area (Å²) in [5.41, 5.74) is 0.325. The molecule has 0 saturated heterocycles. The highest BCUT2D eigenvalue weighted by Crippen LogP contribution is 2.33. The largest absolute Gasteiger partial charge is 0.305 e. The molecule has 1 aromatic heterocycles. The van der Waals surface area contributed by atoms with Crippen molar-refractivity contribution in [2.75, 3.05) is 5.32 Å². The van der Waals surface area contributed by atoms with Crippen molar-refractivity contribution in [3.8, 4) is 11.8 Å². The number of nitrogens with zero attached hydrogens (tertiary/aromatic N) is 4. The molecule has 0 aliphatic rings. The van der Waals surface area contributed by atoms with Gasteiger partial charge < -0.3 is 5.32 Å². The van der Waals surface area contributed by atoms with E-state index in [1.807, 2.05) is 6.07 Å². The van der Waals surface area contributed by atoms with E-state index in [9.17, 15) is 9.59 Å². The van der Waals surface area contributed by atoms with Crippen molar-refractivity contribution in [3.05, 3.63) is 79.5 Å². The number of nitrogens with one attached hydrogen (secondary N) is 2. The maximum atomic E-state index is 13.1. The van der Waals surface area contributed by atoms with Gasteiger partial charge in [0.2, 0.25) is 0 Å². The van der Waals surface area contributed by atoms with Gasteiger partial charge in [-0.1, -0.05) is 41.4 Å². The molecule has 156 valence electrons. The number of nitriles is 1. The van der Waals surface area contributed by atoms with E-state index in [2.05, 4.69) is 27.2 Å². The number of aromatic nitrogens is 2. The van der Waals surface area contributed by atoms with E-state index in [1.165, 1.54) is 19.1 Å². The average molecular weight is 476 g/mol. The number of hydrogen-bond donors (Lipinski definition) is 2. The highest BCUT2D eigenvalue weighted by molar-refractivity contribution is 6.40. The van der Waals surface area contributed by atoms with Crippen LogP contribution in [0.4, 0.5) is 17.2 Å². The lowest BCUT2D eigenvalue weighted by Gasteiger charge is -2.08. The third-order valence-corrected chi connectivity index (χ3v) is 4.75. The Bertz CT molecular complexity index is 1290. The number of hydrogen-bond acceptors (Lipinski definition) is 5. The van der Waals surface area contributed by atoms with Gasteiger partial charge in [0.25, 0.3) is 5.91 Å². The molecule has 0 atom stereocenters. The molecule has 8 nitrogen and oxygen atoms in total. The number of H-pyrrole nitrogens is 1. The van der Waals surface area contributed by atoms with Crippen LogP contribution >= 0.6 is 34.8 Å². The SMILES string of the molecule is C=C(C)C(=O)Nc1[nH]n(-c2c(Cl)cc(Cl)cc2Cl)c(=O)c1N=Nc1ccc(C#N)cc1. The first-order chi connectivity index (χ1) is 14.7. The molecule has 0 aliphatic heterocycles. The Labute approximate surface area is 191 Å². The predicted octanol–water partition coefficient (Wildman–Crippen LogP) is 5.93. The molecule has 0 bridgehead atoms. The molecule has 0 unspecified atom stereocenters. The van der Waals surface area contributed by atoms with Gasteiger partial charge in [0.15, 0.2) is 11.5 Å². The Kier molecular flexibility index (Phi) is 6.61. The summed E-state index contributed by atoms with van der Waals surface area (Å²) >= 11 is 18.4. The number of halogens is 3. The third kappa shape index (κ3) is 4.86. The van der Waals surface area contributed by atoms with E-state index in [0.29, 0.717) is 11.3 Å². The molecule has 0 saturated carbocycles. The van der Waals surface area contributed by atoms with Gasteiger partial charge in [0.1, 0.15) is 5.69 Å². The first-order valence-corrected chi connectivity index (χ1v) is 9.73. The zero-order valence-electron chi connectivity index (χ0n) is 15.9. The number of carbonyl (C=O) groups is 1. The van der Waals surface area contributed by atoms with Crippen LogP contribution in [-0.2, 0) is 4.79 Å². The van der Waals surface area contributed by atoms with Crippen LogP contribution in [0.1, 0.15) is 12.5 Å². The van der Waals surface area contributed by atoms with Crippen LogP contribution in [0.15, 0.2) is 63.6 Å². The molecule has 1 heterocycles. The highest BCUT2D eigenvalue weighted by Gasteiger charge is 2.21. The Hall–Kier alpha value is -3.38. The lowest BCUT2D eigenvalue weighted by molar-refractivity contribution is -0.112. The summed E-state index contributed by atoms with van der Waals surface area (Å²) in [6.07, 6.45) is 0. The van der Waals surface area contributed by atoms with Gasteiger partial charge in [-0.2, -0.15) is 10.4 Å². The van der Waals surface area contributed by atoms with Crippen molar-refractivity contribution in [3.63, 3.8) is 0 Å². The lowest BCUT2D eigenvalue weighted by atomic mass is 10.2. The number of anilines is 1. The van der Waals surface area contributed by atoms with Crippen molar-refractivity contribution < 1.29 is 4.79 Å². The molecule has 2 aromatic carbocycles. The van der Waals surface area contributed by atoms with Gasteiger partial charge in [0, 0.05) is 10.6 Å². The first-order valence-electron chi connectivity index (χ1n) is 8.60. The van der Waals surface area contributed by atoms with E-state index < -0.39 is 11.5 Å². The minimum Gasteiger partial charge on any atom is -0.305 e. The second-order valence-corrected chi connectivity index (χ2v) is 7.54. The topological polar surface area (TPSA) is 115 Å². The molecule has 0 aliphatic carbocycles. The second kappa shape index (κ2) is 9.18. The molecule has 3 rings (SSSR count). The molecule has 0 fully saturated rings. The van der Waals surface area contributed by atoms with Crippen molar-refractivity contribution in [2.45, 2.75) is 6.92 Å². The van der Waals surface area contributed by atoms with Crippen LogP contribution in [0.2, 0.25) is 15.1 Å². The smallest absolute Gasteiger partial charge is 0.301 e. The van der Waals surface area contributed by atoms with Crippen molar-refractivity contribution in [1.82, 2.24) is 9.78 Å². The number of aromatic amines is 1. The van der Waals surface area contributed by atoms with Crippen LogP contribution in [0.3, 0.4) is 0 Å². The van der Waals surface area contributed by atoms with E-state index in [1.54, 1.807) is 24.3 Å². The van der Waals surface area contributed by atoms with Gasteiger partial charge in [-0.3, -0.25) is 14.7 Å². The molecule has 0 radical (unpaired) electrons. The molecule has 3 aromatic rings. The molecular formula is C20H13Cl3N6O2. The summed E-state index contributed by atoms with van der Waals surface area (Å²) in [5, 5.41) is 22.6. The third-order valence-electron chi connectivity index (χ3n) is 3.96. The Morgan fingerprint density at radius 2 is 1.77 bits per heavy atom. The van der Waals surface area contributed by atoms with Gasteiger partial charge in [-0.15, -0.1) is 5.11 Å². The number of amides is 1. The van der Waals surface area contributed by atoms with Crippen LogP contribution in [0, 0.1) is 11.3 Å². The summed E-state index contributed by atoms with van der Waals surface area (Å²) < 4.78 is 1.03. The second-order valence-electron chi connectivity index (χ2n) is 6.29. The van der Waals surface area contributed by atoms with Gasteiger partial charge in [-0.05, 0) is 43.3 Å². The quantitative estimate of drug-likeness (QED) is 0.352. The average Bonchev–Trinajstić information content (AvgIpc) is 3.01. The Morgan fingerprint density at radius 3 is 2.32 bits per heavy atom. The molecule has 2 N–H and O–H groups in total. The fourth-order valence-electron chi connectivity index (χ4n) is 2.44. The predicted molar refractivity (Wildman–Crippen MR) is 120 cm³/mol. The summed E-state index contributed by atoms with van der Waals surface area (Å²) in [7, 11) is 0. The van der Waals surface area contributed by atoms with Crippen molar-refractivity contribution in [1.29, 1.82) is 5.26 Å². The Morgan fingerprint density at radius 1 is 1.16 bits per heavy atom. The minimum absolute atomic E-state index is 0.0301. The van der Waals surface area contributed by atoms with Gasteiger partial charge in [0.05, 0.1) is 27.4 Å². The minimum atomic E-state index is -0.666. The first kappa shape index (κ1) is 22.3. The standard InChI is InChI=1S/C20H13Cl3N6O2/c1-10(2)19(30)25-18-16(27-26-13-5-3-11(9-24)4-6-13)20(31)29(28-18)17-14(22)7-12(21)8-15(17)23/h3-8,28H,1H2,2H3,(H,25,30). The van der Waals surface area contributed by atoms with E-state index in [0.717, 1.165) is 4.68 Å². The molecule has 1 amide bonds. The van der Waals surface area contributed by atoms with Gasteiger partial charge in [-0.25, -0.2) is 4.68 Å². The maximum absolute atomic E-state index is 13.1. The summed E-state index contributed by atoms with van der Waals surface area (Å²) in [4.78, 5) is 25.2. The molecular weight excluding hydrogens is 463 g/mol.